The topological polar surface area (TPSA) is 75.4 Å². The minimum Gasteiger partial charge on any atom is -0.760 e. The molecule has 0 bridgehead atoms. The summed E-state index contributed by atoms with van der Waals surface area (Å²) in [4.78, 5) is 0. The van der Waals surface area contributed by atoms with Gasteiger partial charge >= 0.3 is 6.36 Å². The molecule has 0 fully saturated rings. The average molecular weight is 462 g/mol. The number of hydrogen-bond acceptors (Lipinski definition) is 3. The summed E-state index contributed by atoms with van der Waals surface area (Å²) in [5.74, 6) is -0.751. The van der Waals surface area contributed by atoms with Crippen LogP contribution in [0, 0.1) is 9.39 Å². The van der Waals surface area contributed by atoms with Gasteiger partial charge in [0, 0.05) is 20.4 Å². The van der Waals surface area contributed by atoms with Crippen LogP contribution in [0.4, 0.5) is 17.6 Å². The van der Waals surface area contributed by atoms with Gasteiger partial charge in [0.15, 0.2) is 0 Å². The highest BCUT2D eigenvalue weighted by atomic mass is 127. The zero-order valence-electron chi connectivity index (χ0n) is 11.1. The SMILES string of the molecule is Fc1cc(I)ccc1-c1ccc(OC(F)(F)F)cc1.NS(=O)[O-]. The molecule has 0 aromatic heterocycles. The first-order valence-corrected chi connectivity index (χ1v) is 7.95. The molecule has 126 valence electrons. The van der Waals surface area contributed by atoms with Crippen LogP contribution in [0.3, 0.4) is 0 Å². The largest absolute Gasteiger partial charge is 0.760 e. The Morgan fingerprint density at radius 3 is 2.09 bits per heavy atom. The quantitative estimate of drug-likeness (QED) is 0.420. The Hall–Kier alpha value is -1.24. The molecule has 2 N–H and O–H groups in total. The smallest absolute Gasteiger partial charge is 0.573 e. The molecule has 0 spiro atoms. The first-order valence-electron chi connectivity index (χ1n) is 5.73. The first-order chi connectivity index (χ1) is 10.6. The van der Waals surface area contributed by atoms with Gasteiger partial charge in [0.05, 0.1) is 0 Å². The molecule has 2 rings (SSSR count). The highest BCUT2D eigenvalue weighted by molar-refractivity contribution is 14.1. The lowest BCUT2D eigenvalue weighted by atomic mass is 10.1. The summed E-state index contributed by atoms with van der Waals surface area (Å²) in [6, 6.07) is 9.73. The Morgan fingerprint density at radius 2 is 1.65 bits per heavy atom. The molecule has 0 aliphatic heterocycles. The van der Waals surface area contributed by atoms with Crippen molar-refractivity contribution in [3.05, 3.63) is 51.9 Å². The third-order valence-corrected chi connectivity index (χ3v) is 3.00. The van der Waals surface area contributed by atoms with Crippen molar-refractivity contribution < 1.29 is 31.1 Å². The summed E-state index contributed by atoms with van der Waals surface area (Å²) < 4.78 is 71.7. The molecule has 10 heteroatoms. The van der Waals surface area contributed by atoms with Crippen LogP contribution in [0.2, 0.25) is 0 Å². The third-order valence-electron chi connectivity index (χ3n) is 2.33. The van der Waals surface area contributed by atoms with Gasteiger partial charge in [-0.3, -0.25) is 9.35 Å². The van der Waals surface area contributed by atoms with Gasteiger partial charge in [-0.2, -0.15) is 0 Å². The Morgan fingerprint density at radius 1 is 1.13 bits per heavy atom. The first kappa shape index (κ1) is 19.8. The summed E-state index contributed by atoms with van der Waals surface area (Å²) in [6.45, 7) is 0. The van der Waals surface area contributed by atoms with Crippen LogP contribution in [0.5, 0.6) is 5.75 Å². The molecule has 0 radical (unpaired) electrons. The molecule has 2 aromatic carbocycles. The van der Waals surface area contributed by atoms with Gasteiger partial charge in [-0.15, -0.1) is 13.2 Å². The van der Waals surface area contributed by atoms with Crippen molar-refractivity contribution in [2.24, 2.45) is 5.14 Å². The number of benzene rings is 2. The second-order valence-electron chi connectivity index (χ2n) is 3.96. The van der Waals surface area contributed by atoms with E-state index in [0.717, 1.165) is 15.7 Å². The van der Waals surface area contributed by atoms with Gasteiger partial charge < -0.3 is 9.29 Å². The monoisotopic (exact) mass is 462 g/mol. The van der Waals surface area contributed by atoms with Crippen LogP contribution >= 0.6 is 22.6 Å². The highest BCUT2D eigenvalue weighted by Crippen LogP contribution is 2.28. The minimum atomic E-state index is -4.73. The fourth-order valence-electron chi connectivity index (χ4n) is 1.56. The number of ether oxygens (including phenoxy) is 1. The maximum atomic E-state index is 13.7. The number of rotatable bonds is 2. The molecule has 1 atom stereocenters. The predicted octanol–water partition coefficient (Wildman–Crippen LogP) is 3.74. The molecule has 1 unspecified atom stereocenters. The fourth-order valence-corrected chi connectivity index (χ4v) is 2.01. The number of alkyl halides is 3. The van der Waals surface area contributed by atoms with Crippen LogP contribution in [0.25, 0.3) is 11.1 Å². The Labute approximate surface area is 145 Å². The number of nitrogens with two attached hydrogens (primary N) is 1. The maximum absolute atomic E-state index is 13.7. The van der Waals surface area contributed by atoms with Crippen LogP contribution in [-0.2, 0) is 11.3 Å². The van der Waals surface area contributed by atoms with Crippen molar-refractivity contribution in [3.8, 4) is 16.9 Å². The Balaban J connectivity index is 0.000000593. The van der Waals surface area contributed by atoms with Gasteiger partial charge in [-0.05, 0) is 52.4 Å². The van der Waals surface area contributed by atoms with Crippen LogP contribution in [-0.4, -0.2) is 15.1 Å². The van der Waals surface area contributed by atoms with E-state index in [-0.39, 0.29) is 5.75 Å². The van der Waals surface area contributed by atoms with Gasteiger partial charge in [0.25, 0.3) is 0 Å². The molecule has 4 nitrogen and oxygen atoms in total. The van der Waals surface area contributed by atoms with Crippen molar-refractivity contribution in [2.45, 2.75) is 6.36 Å². The van der Waals surface area contributed by atoms with E-state index in [9.17, 15) is 17.6 Å². The summed E-state index contributed by atoms with van der Waals surface area (Å²) in [5.41, 5.74) is 0.822. The van der Waals surface area contributed by atoms with E-state index >= 15 is 0 Å². The van der Waals surface area contributed by atoms with E-state index in [2.05, 4.69) is 9.88 Å². The molecule has 0 aliphatic rings. The molecular weight excluding hydrogens is 453 g/mol. The number of halogens is 5. The van der Waals surface area contributed by atoms with Gasteiger partial charge in [-0.25, -0.2) is 4.39 Å². The lowest BCUT2D eigenvalue weighted by Gasteiger charge is -2.09. The standard InChI is InChI=1S/C13H7F4IO.H3NO2S/c14-12-7-9(18)3-6-11(12)8-1-4-10(5-2-8)19-13(15,16)17;1-4(2)3/h1-7H;1H2,(H,2,3)/p-1. The van der Waals surface area contributed by atoms with E-state index in [1.165, 1.54) is 18.2 Å². The van der Waals surface area contributed by atoms with Crippen molar-refractivity contribution >= 4 is 33.9 Å². The summed E-state index contributed by atoms with van der Waals surface area (Å²) in [7, 11) is 0. The van der Waals surface area contributed by atoms with Gasteiger partial charge in [-0.1, -0.05) is 18.2 Å². The van der Waals surface area contributed by atoms with Crippen molar-refractivity contribution in [1.29, 1.82) is 0 Å². The Kier molecular flexibility index (Phi) is 7.38. The molecule has 2 aromatic rings. The minimum absolute atomic E-state index is 0.331. The second-order valence-corrected chi connectivity index (χ2v) is 5.72. The zero-order chi connectivity index (χ0) is 17.6. The Bertz CT molecular complexity index is 676. The lowest BCUT2D eigenvalue weighted by Crippen LogP contribution is -2.16. The van der Waals surface area contributed by atoms with Crippen molar-refractivity contribution in [1.82, 2.24) is 0 Å². The average Bonchev–Trinajstić information content (AvgIpc) is 2.37. The molecule has 0 saturated carbocycles. The summed E-state index contributed by atoms with van der Waals surface area (Å²) in [6.07, 6.45) is -4.73. The van der Waals surface area contributed by atoms with Gasteiger partial charge in [0.1, 0.15) is 11.6 Å². The fraction of sp³-hybridized carbons (Fsp3) is 0.0769. The van der Waals surface area contributed by atoms with E-state index in [0.29, 0.717) is 11.1 Å². The molecule has 23 heavy (non-hydrogen) atoms. The molecule has 0 amide bonds. The van der Waals surface area contributed by atoms with Crippen LogP contribution in [0.1, 0.15) is 0 Å². The maximum Gasteiger partial charge on any atom is 0.573 e. The third kappa shape index (κ3) is 7.72. The van der Waals surface area contributed by atoms with E-state index < -0.39 is 23.4 Å². The van der Waals surface area contributed by atoms with E-state index in [1.807, 2.05) is 22.6 Å². The van der Waals surface area contributed by atoms with Crippen molar-refractivity contribution in [2.75, 3.05) is 0 Å². The van der Waals surface area contributed by atoms with E-state index in [4.69, 9.17) is 8.76 Å². The zero-order valence-corrected chi connectivity index (χ0v) is 14.1. The highest BCUT2D eigenvalue weighted by Gasteiger charge is 2.30. The predicted molar refractivity (Wildman–Crippen MR) is 84.3 cm³/mol. The summed E-state index contributed by atoms with van der Waals surface area (Å²) >= 11 is -0.385. The summed E-state index contributed by atoms with van der Waals surface area (Å²) in [5, 5.41) is 4.03. The molecule has 0 saturated heterocycles. The van der Waals surface area contributed by atoms with Crippen LogP contribution in [0.15, 0.2) is 42.5 Å². The molecular formula is C13H9F4INO3S-. The van der Waals surface area contributed by atoms with E-state index in [1.54, 1.807) is 12.1 Å². The van der Waals surface area contributed by atoms with Crippen molar-refractivity contribution in [3.63, 3.8) is 0 Å². The molecule has 0 aliphatic carbocycles. The lowest BCUT2D eigenvalue weighted by molar-refractivity contribution is -0.274. The molecule has 0 heterocycles. The normalized spacial score (nSPS) is 12.1. The van der Waals surface area contributed by atoms with Gasteiger partial charge in [0.2, 0.25) is 0 Å². The van der Waals surface area contributed by atoms with Crippen LogP contribution < -0.4 is 9.88 Å². The number of hydrogen-bond donors (Lipinski definition) is 1. The second kappa shape index (κ2) is 8.57.